The first-order valence-corrected chi connectivity index (χ1v) is 9.30. The molecule has 30 heavy (non-hydrogen) atoms. The summed E-state index contributed by atoms with van der Waals surface area (Å²) in [7, 11) is 5.15. The first-order valence-electron chi connectivity index (χ1n) is 9.30. The van der Waals surface area contributed by atoms with Crippen LogP contribution < -0.4 is 14.8 Å². The standard InChI is InChI=1S/C21H26F3N3O3/c1-26(2)11-12-27(14-16-7-5-4-6-8-16)20(28)25-17-9-10-18(29-3)19(13-17)30-15-21(22,23)24/h4-10,13H,11-12,14-15H2,1-3H3,(H,25,28). The van der Waals surface area contributed by atoms with Gasteiger partial charge in [-0.1, -0.05) is 30.3 Å². The van der Waals surface area contributed by atoms with E-state index in [-0.39, 0.29) is 17.5 Å². The molecule has 2 aromatic carbocycles. The molecule has 0 atom stereocenters. The number of hydrogen-bond acceptors (Lipinski definition) is 4. The molecular formula is C21H26F3N3O3. The predicted octanol–water partition coefficient (Wildman–Crippen LogP) is 4.23. The van der Waals surface area contributed by atoms with E-state index in [0.29, 0.717) is 25.3 Å². The summed E-state index contributed by atoms with van der Waals surface area (Å²) in [4.78, 5) is 16.5. The van der Waals surface area contributed by atoms with E-state index in [2.05, 4.69) is 5.32 Å². The number of urea groups is 1. The summed E-state index contributed by atoms with van der Waals surface area (Å²) >= 11 is 0. The number of amides is 2. The quantitative estimate of drug-likeness (QED) is 0.653. The molecule has 2 amide bonds. The highest BCUT2D eigenvalue weighted by molar-refractivity contribution is 5.89. The van der Waals surface area contributed by atoms with Crippen LogP contribution in [0.1, 0.15) is 5.56 Å². The Morgan fingerprint density at radius 3 is 2.33 bits per heavy atom. The second kappa shape index (κ2) is 10.7. The molecule has 0 aliphatic carbocycles. The lowest BCUT2D eigenvalue weighted by atomic mass is 10.2. The molecule has 164 valence electrons. The fraction of sp³-hybridized carbons (Fsp3) is 0.381. The van der Waals surface area contributed by atoms with E-state index in [1.165, 1.54) is 19.2 Å². The van der Waals surface area contributed by atoms with E-state index in [9.17, 15) is 18.0 Å². The average Bonchev–Trinajstić information content (AvgIpc) is 2.69. The molecule has 0 unspecified atom stereocenters. The number of ether oxygens (including phenoxy) is 2. The minimum atomic E-state index is -4.48. The second-order valence-electron chi connectivity index (χ2n) is 6.91. The van der Waals surface area contributed by atoms with Gasteiger partial charge in [-0.05, 0) is 31.8 Å². The van der Waals surface area contributed by atoms with Crippen molar-refractivity contribution in [1.82, 2.24) is 9.80 Å². The Morgan fingerprint density at radius 1 is 1.03 bits per heavy atom. The third-order valence-corrected chi connectivity index (χ3v) is 4.13. The zero-order valence-corrected chi connectivity index (χ0v) is 17.2. The molecule has 9 heteroatoms. The maximum atomic E-state index is 12.9. The van der Waals surface area contributed by atoms with Crippen LogP contribution in [-0.2, 0) is 6.54 Å². The summed E-state index contributed by atoms with van der Waals surface area (Å²) in [6, 6.07) is 13.5. The fourth-order valence-electron chi connectivity index (χ4n) is 2.61. The SMILES string of the molecule is COc1ccc(NC(=O)N(CCN(C)C)Cc2ccccc2)cc1OCC(F)(F)F. The molecule has 1 N–H and O–H groups in total. The summed E-state index contributed by atoms with van der Waals surface area (Å²) < 4.78 is 47.4. The molecule has 0 aliphatic heterocycles. The van der Waals surface area contributed by atoms with E-state index in [1.807, 2.05) is 49.3 Å². The van der Waals surface area contributed by atoms with Crippen LogP contribution in [0.4, 0.5) is 23.7 Å². The Labute approximate surface area is 174 Å². The molecule has 0 heterocycles. The molecule has 2 aromatic rings. The zero-order chi connectivity index (χ0) is 22.1. The van der Waals surface area contributed by atoms with Gasteiger partial charge in [0.2, 0.25) is 0 Å². The number of benzene rings is 2. The third kappa shape index (κ3) is 7.82. The summed E-state index contributed by atoms with van der Waals surface area (Å²) in [5.41, 5.74) is 1.27. The van der Waals surface area contributed by atoms with Gasteiger partial charge in [0, 0.05) is 31.4 Å². The monoisotopic (exact) mass is 425 g/mol. The Balaban J connectivity index is 2.14. The highest BCUT2D eigenvalue weighted by atomic mass is 19.4. The Bertz CT molecular complexity index is 814. The number of rotatable bonds is 9. The molecule has 0 spiro atoms. The van der Waals surface area contributed by atoms with Crippen LogP contribution in [0.5, 0.6) is 11.5 Å². The molecule has 0 saturated carbocycles. The van der Waals surface area contributed by atoms with Crippen molar-refractivity contribution >= 4 is 11.7 Å². The zero-order valence-electron chi connectivity index (χ0n) is 17.2. The second-order valence-corrected chi connectivity index (χ2v) is 6.91. The van der Waals surface area contributed by atoms with Gasteiger partial charge in [0.1, 0.15) is 0 Å². The van der Waals surface area contributed by atoms with E-state index in [0.717, 1.165) is 5.56 Å². The van der Waals surface area contributed by atoms with Crippen molar-refractivity contribution in [2.24, 2.45) is 0 Å². The number of anilines is 1. The molecule has 0 aliphatic rings. The molecule has 0 fully saturated rings. The smallest absolute Gasteiger partial charge is 0.422 e. The fourth-order valence-corrected chi connectivity index (χ4v) is 2.61. The van der Waals surface area contributed by atoms with E-state index in [1.54, 1.807) is 11.0 Å². The number of carbonyl (C=O) groups excluding carboxylic acids is 1. The number of likely N-dealkylation sites (N-methyl/N-ethyl adjacent to an activating group) is 1. The average molecular weight is 425 g/mol. The minimum Gasteiger partial charge on any atom is -0.493 e. The third-order valence-electron chi connectivity index (χ3n) is 4.13. The first-order chi connectivity index (χ1) is 14.2. The van der Waals surface area contributed by atoms with Crippen molar-refractivity contribution in [2.75, 3.05) is 46.2 Å². The van der Waals surface area contributed by atoms with Gasteiger partial charge in [-0.15, -0.1) is 0 Å². The molecular weight excluding hydrogens is 399 g/mol. The van der Waals surface area contributed by atoms with Crippen LogP contribution in [0.3, 0.4) is 0 Å². The lowest BCUT2D eigenvalue weighted by Gasteiger charge is -2.25. The molecule has 0 radical (unpaired) electrons. The Kier molecular flexibility index (Phi) is 8.35. The number of methoxy groups -OCH3 is 1. The molecule has 6 nitrogen and oxygen atoms in total. The van der Waals surface area contributed by atoms with Gasteiger partial charge in [-0.25, -0.2) is 4.79 Å². The van der Waals surface area contributed by atoms with Gasteiger partial charge in [-0.2, -0.15) is 13.2 Å². The van der Waals surface area contributed by atoms with Gasteiger partial charge in [0.25, 0.3) is 0 Å². The van der Waals surface area contributed by atoms with Crippen molar-refractivity contribution in [2.45, 2.75) is 12.7 Å². The van der Waals surface area contributed by atoms with Crippen molar-refractivity contribution in [3.8, 4) is 11.5 Å². The van der Waals surface area contributed by atoms with E-state index < -0.39 is 12.8 Å². The van der Waals surface area contributed by atoms with Gasteiger partial charge >= 0.3 is 12.2 Å². The number of nitrogens with one attached hydrogen (secondary N) is 1. The van der Waals surface area contributed by atoms with Gasteiger partial charge in [0.15, 0.2) is 18.1 Å². The summed E-state index contributed by atoms with van der Waals surface area (Å²) in [5.74, 6) is 0.0431. The highest BCUT2D eigenvalue weighted by Crippen LogP contribution is 2.31. The van der Waals surface area contributed by atoms with Crippen LogP contribution in [0.15, 0.2) is 48.5 Å². The molecule has 0 bridgehead atoms. The molecule has 0 saturated heterocycles. The Morgan fingerprint density at radius 2 is 1.73 bits per heavy atom. The van der Waals surface area contributed by atoms with Crippen LogP contribution in [0.25, 0.3) is 0 Å². The van der Waals surface area contributed by atoms with Gasteiger partial charge in [-0.3, -0.25) is 0 Å². The highest BCUT2D eigenvalue weighted by Gasteiger charge is 2.29. The van der Waals surface area contributed by atoms with E-state index in [4.69, 9.17) is 9.47 Å². The predicted molar refractivity (Wildman–Crippen MR) is 109 cm³/mol. The van der Waals surface area contributed by atoms with Crippen molar-refractivity contribution in [3.63, 3.8) is 0 Å². The lowest BCUT2D eigenvalue weighted by molar-refractivity contribution is -0.153. The van der Waals surface area contributed by atoms with Crippen LogP contribution in [0.2, 0.25) is 0 Å². The molecule has 0 aromatic heterocycles. The first kappa shape index (κ1) is 23.3. The van der Waals surface area contributed by atoms with E-state index >= 15 is 0 Å². The topological polar surface area (TPSA) is 54.0 Å². The van der Waals surface area contributed by atoms with Crippen LogP contribution in [-0.4, -0.2) is 62.9 Å². The lowest BCUT2D eigenvalue weighted by Crippen LogP contribution is -2.39. The summed E-state index contributed by atoms with van der Waals surface area (Å²) in [6.45, 7) is 0.0714. The maximum Gasteiger partial charge on any atom is 0.422 e. The van der Waals surface area contributed by atoms with Gasteiger partial charge in [0.05, 0.1) is 7.11 Å². The maximum absolute atomic E-state index is 12.9. The number of halogens is 3. The normalized spacial score (nSPS) is 11.3. The van der Waals surface area contributed by atoms with Gasteiger partial charge < -0.3 is 24.6 Å². The minimum absolute atomic E-state index is 0.101. The van der Waals surface area contributed by atoms with Crippen molar-refractivity contribution in [1.29, 1.82) is 0 Å². The summed E-state index contributed by atoms with van der Waals surface area (Å²) in [6.07, 6.45) is -4.48. The Hall–Kier alpha value is -2.94. The summed E-state index contributed by atoms with van der Waals surface area (Å²) in [5, 5.41) is 2.73. The van der Waals surface area contributed by atoms with Crippen LogP contribution >= 0.6 is 0 Å². The van der Waals surface area contributed by atoms with Crippen LogP contribution in [0, 0.1) is 0 Å². The number of alkyl halides is 3. The molecule has 2 rings (SSSR count). The number of nitrogens with zero attached hydrogens (tertiary/aromatic N) is 2. The largest absolute Gasteiger partial charge is 0.493 e. The van der Waals surface area contributed by atoms with Crippen molar-refractivity contribution in [3.05, 3.63) is 54.1 Å². The number of carbonyl (C=O) groups is 1. The van der Waals surface area contributed by atoms with Crippen molar-refractivity contribution < 1.29 is 27.4 Å². The number of hydrogen-bond donors (Lipinski definition) is 1.